The van der Waals surface area contributed by atoms with Crippen molar-refractivity contribution in [1.29, 1.82) is 0 Å². The molecule has 0 bridgehead atoms. The number of nitrogens with one attached hydrogen (secondary N) is 1. The number of hydrogen-bond acceptors (Lipinski definition) is 2. The van der Waals surface area contributed by atoms with Gasteiger partial charge in [0.25, 0.3) is 0 Å². The highest BCUT2D eigenvalue weighted by atomic mass is 35.5. The first-order valence-electron chi connectivity index (χ1n) is 6.17. The second kappa shape index (κ2) is 7.95. The maximum absolute atomic E-state index is 11.8. The SMILES string of the molecule is O=C(CCSc1ccc(Cl)cc1)Nc1cc(Cl)cc(Cl)c1. The van der Waals surface area contributed by atoms with Crippen LogP contribution in [0.1, 0.15) is 6.42 Å². The number of carbonyl (C=O) groups excluding carboxylic acids is 1. The molecule has 0 heterocycles. The van der Waals surface area contributed by atoms with Crippen LogP contribution in [0, 0.1) is 0 Å². The molecule has 2 aromatic carbocycles. The van der Waals surface area contributed by atoms with E-state index in [0.29, 0.717) is 32.9 Å². The van der Waals surface area contributed by atoms with Crippen molar-refractivity contribution in [1.82, 2.24) is 0 Å². The average Bonchev–Trinajstić information content (AvgIpc) is 2.39. The molecule has 1 N–H and O–H groups in total. The van der Waals surface area contributed by atoms with Crippen LogP contribution in [-0.2, 0) is 4.79 Å². The van der Waals surface area contributed by atoms with Crippen molar-refractivity contribution < 1.29 is 4.79 Å². The predicted molar refractivity (Wildman–Crippen MR) is 91.9 cm³/mol. The standard InChI is InChI=1S/C15H12Cl3NOS/c16-10-1-3-14(4-2-10)21-6-5-15(20)19-13-8-11(17)7-12(18)9-13/h1-4,7-9H,5-6H2,(H,19,20). The molecule has 21 heavy (non-hydrogen) atoms. The first-order chi connectivity index (χ1) is 10.0. The summed E-state index contributed by atoms with van der Waals surface area (Å²) in [6.45, 7) is 0. The highest BCUT2D eigenvalue weighted by molar-refractivity contribution is 7.99. The molecule has 1 amide bonds. The van der Waals surface area contributed by atoms with Crippen LogP contribution in [0.5, 0.6) is 0 Å². The summed E-state index contributed by atoms with van der Waals surface area (Å²) >= 11 is 19.2. The molecule has 2 rings (SSSR count). The number of amides is 1. The second-order valence-corrected chi connectivity index (χ2v) is 6.74. The number of carbonyl (C=O) groups is 1. The monoisotopic (exact) mass is 359 g/mol. The van der Waals surface area contributed by atoms with E-state index in [0.717, 1.165) is 4.90 Å². The van der Waals surface area contributed by atoms with E-state index in [2.05, 4.69) is 5.32 Å². The Kier molecular flexibility index (Phi) is 6.24. The van der Waals surface area contributed by atoms with E-state index in [1.54, 1.807) is 30.0 Å². The van der Waals surface area contributed by atoms with Crippen LogP contribution in [-0.4, -0.2) is 11.7 Å². The Morgan fingerprint density at radius 2 is 1.57 bits per heavy atom. The van der Waals surface area contributed by atoms with Crippen LogP contribution in [0.4, 0.5) is 5.69 Å². The fraction of sp³-hybridized carbons (Fsp3) is 0.133. The van der Waals surface area contributed by atoms with Crippen molar-refractivity contribution >= 4 is 58.2 Å². The lowest BCUT2D eigenvalue weighted by Gasteiger charge is -2.06. The molecule has 0 saturated carbocycles. The van der Waals surface area contributed by atoms with Gasteiger partial charge in [-0.15, -0.1) is 11.8 Å². The quantitative estimate of drug-likeness (QED) is 0.686. The molecule has 0 aliphatic carbocycles. The average molecular weight is 361 g/mol. The third kappa shape index (κ3) is 5.79. The third-order valence-electron chi connectivity index (χ3n) is 2.56. The van der Waals surface area contributed by atoms with E-state index in [-0.39, 0.29) is 5.91 Å². The van der Waals surface area contributed by atoms with Crippen LogP contribution in [0.25, 0.3) is 0 Å². The van der Waals surface area contributed by atoms with E-state index in [4.69, 9.17) is 34.8 Å². The Balaban J connectivity index is 1.80. The highest BCUT2D eigenvalue weighted by Crippen LogP contribution is 2.23. The van der Waals surface area contributed by atoms with Crippen molar-refractivity contribution in [3.8, 4) is 0 Å². The summed E-state index contributed by atoms with van der Waals surface area (Å²) in [5, 5.41) is 4.47. The van der Waals surface area contributed by atoms with Crippen LogP contribution in [0.15, 0.2) is 47.4 Å². The molecule has 2 aromatic rings. The minimum atomic E-state index is -0.0743. The molecule has 0 aliphatic rings. The van der Waals surface area contributed by atoms with Crippen LogP contribution >= 0.6 is 46.6 Å². The van der Waals surface area contributed by atoms with Crippen LogP contribution in [0.3, 0.4) is 0 Å². The molecule has 0 aliphatic heterocycles. The Bertz CT molecular complexity index is 611. The fourth-order valence-corrected chi connectivity index (χ4v) is 3.15. The van der Waals surface area contributed by atoms with Crippen molar-refractivity contribution in [3.05, 3.63) is 57.5 Å². The van der Waals surface area contributed by atoms with Gasteiger partial charge >= 0.3 is 0 Å². The van der Waals surface area contributed by atoms with Gasteiger partial charge in [0.15, 0.2) is 0 Å². The van der Waals surface area contributed by atoms with Crippen molar-refractivity contribution in [3.63, 3.8) is 0 Å². The van der Waals surface area contributed by atoms with Crippen molar-refractivity contribution in [2.24, 2.45) is 0 Å². The van der Waals surface area contributed by atoms with Gasteiger partial charge in [-0.2, -0.15) is 0 Å². The number of rotatable bonds is 5. The van der Waals surface area contributed by atoms with E-state index in [9.17, 15) is 4.79 Å². The molecular weight excluding hydrogens is 349 g/mol. The molecule has 0 atom stereocenters. The molecule has 0 saturated heterocycles. The second-order valence-electron chi connectivity index (χ2n) is 4.26. The number of anilines is 1. The summed E-state index contributed by atoms with van der Waals surface area (Å²) in [6.07, 6.45) is 0.400. The van der Waals surface area contributed by atoms with Gasteiger partial charge in [-0.1, -0.05) is 34.8 Å². The lowest BCUT2D eigenvalue weighted by Crippen LogP contribution is -2.12. The molecule has 0 radical (unpaired) electrons. The van der Waals surface area contributed by atoms with Gasteiger partial charge < -0.3 is 5.32 Å². The molecule has 0 aromatic heterocycles. The zero-order chi connectivity index (χ0) is 15.2. The Hall–Kier alpha value is -0.870. The maximum atomic E-state index is 11.8. The van der Waals surface area contributed by atoms with Crippen molar-refractivity contribution in [2.45, 2.75) is 11.3 Å². The topological polar surface area (TPSA) is 29.1 Å². The molecular formula is C15H12Cl3NOS. The number of hydrogen-bond donors (Lipinski definition) is 1. The smallest absolute Gasteiger partial charge is 0.225 e. The number of thioether (sulfide) groups is 1. The zero-order valence-electron chi connectivity index (χ0n) is 10.9. The first kappa shape index (κ1) is 16.5. The minimum Gasteiger partial charge on any atom is -0.326 e. The van der Waals surface area contributed by atoms with Gasteiger partial charge in [0, 0.05) is 37.8 Å². The van der Waals surface area contributed by atoms with E-state index in [1.165, 1.54) is 0 Å². The molecule has 110 valence electrons. The van der Waals surface area contributed by atoms with Crippen molar-refractivity contribution in [2.75, 3.05) is 11.1 Å². The summed E-state index contributed by atoms with van der Waals surface area (Å²) < 4.78 is 0. The molecule has 6 heteroatoms. The van der Waals surface area contributed by atoms with Gasteiger partial charge in [0.1, 0.15) is 0 Å². The van der Waals surface area contributed by atoms with Gasteiger partial charge in [-0.05, 0) is 42.5 Å². The largest absolute Gasteiger partial charge is 0.326 e. The van der Waals surface area contributed by atoms with E-state index < -0.39 is 0 Å². The fourth-order valence-electron chi connectivity index (χ4n) is 1.64. The minimum absolute atomic E-state index is 0.0743. The number of benzene rings is 2. The van der Waals surface area contributed by atoms with Crippen LogP contribution in [0.2, 0.25) is 15.1 Å². The summed E-state index contributed by atoms with van der Waals surface area (Å²) in [7, 11) is 0. The van der Waals surface area contributed by atoms with Gasteiger partial charge in [0.05, 0.1) is 0 Å². The molecule has 2 nitrogen and oxygen atoms in total. The van der Waals surface area contributed by atoms with Gasteiger partial charge in [0.2, 0.25) is 5.91 Å². The highest BCUT2D eigenvalue weighted by Gasteiger charge is 2.05. The molecule has 0 fully saturated rings. The predicted octanol–water partition coefficient (Wildman–Crippen LogP) is 5.77. The first-order valence-corrected chi connectivity index (χ1v) is 8.29. The van der Waals surface area contributed by atoms with Gasteiger partial charge in [-0.3, -0.25) is 4.79 Å². The summed E-state index contributed by atoms with van der Waals surface area (Å²) in [4.78, 5) is 12.9. The normalized spacial score (nSPS) is 10.4. The maximum Gasteiger partial charge on any atom is 0.225 e. The number of halogens is 3. The Morgan fingerprint density at radius 1 is 0.952 bits per heavy atom. The Labute approximate surface area is 142 Å². The summed E-state index contributed by atoms with van der Waals surface area (Å²) in [5.74, 6) is 0.608. The summed E-state index contributed by atoms with van der Waals surface area (Å²) in [5.41, 5.74) is 0.606. The van der Waals surface area contributed by atoms with Gasteiger partial charge in [-0.25, -0.2) is 0 Å². The lowest BCUT2D eigenvalue weighted by atomic mass is 10.3. The lowest BCUT2D eigenvalue weighted by molar-refractivity contribution is -0.115. The third-order valence-corrected chi connectivity index (χ3v) is 4.26. The summed E-state index contributed by atoms with van der Waals surface area (Å²) in [6, 6.07) is 12.5. The zero-order valence-corrected chi connectivity index (χ0v) is 14.0. The van der Waals surface area contributed by atoms with E-state index in [1.807, 2.05) is 24.3 Å². The molecule has 0 unspecified atom stereocenters. The van der Waals surface area contributed by atoms with E-state index >= 15 is 0 Å². The van der Waals surface area contributed by atoms with Crippen LogP contribution < -0.4 is 5.32 Å². The molecule has 0 spiro atoms. The Morgan fingerprint density at radius 3 is 2.19 bits per heavy atom.